The molecule has 0 atom stereocenters. The van der Waals surface area contributed by atoms with Gasteiger partial charge in [-0.05, 0) is 18.9 Å². The first kappa shape index (κ1) is 12.5. The highest BCUT2D eigenvalue weighted by Crippen LogP contribution is 2.34. The van der Waals surface area contributed by atoms with Crippen LogP contribution < -0.4 is 10.6 Å². The summed E-state index contributed by atoms with van der Waals surface area (Å²) >= 11 is 0. The van der Waals surface area contributed by atoms with Crippen LogP contribution in [-0.4, -0.2) is 19.4 Å². The molecule has 0 aliphatic heterocycles. The first-order valence-corrected chi connectivity index (χ1v) is 7.87. The third-order valence-corrected chi connectivity index (χ3v) is 3.81. The van der Waals surface area contributed by atoms with Crippen LogP contribution in [0, 0.1) is 0 Å². The molecule has 0 saturated heterocycles. The van der Waals surface area contributed by atoms with Gasteiger partial charge in [0.2, 0.25) is 0 Å². The van der Waals surface area contributed by atoms with Crippen LogP contribution in [0.15, 0.2) is 24.3 Å². The quantitative estimate of drug-likeness (QED) is 0.797. The molecule has 0 spiro atoms. The maximum absolute atomic E-state index is 11.8. The van der Waals surface area contributed by atoms with E-state index < -0.39 is 7.14 Å². The van der Waals surface area contributed by atoms with Crippen molar-refractivity contribution < 1.29 is 4.57 Å². The van der Waals surface area contributed by atoms with Crippen LogP contribution in [0.3, 0.4) is 0 Å². The molecule has 0 aromatic heterocycles. The van der Waals surface area contributed by atoms with Gasteiger partial charge in [-0.3, -0.25) is 0 Å². The molecular formula is C12H20NOP. The Kier molecular flexibility index (Phi) is 4.12. The molecule has 15 heavy (non-hydrogen) atoms. The topological polar surface area (TPSA) is 29.1 Å². The second kappa shape index (κ2) is 4.96. The van der Waals surface area contributed by atoms with Crippen molar-refractivity contribution in [2.75, 3.05) is 13.3 Å². The van der Waals surface area contributed by atoms with Gasteiger partial charge < -0.3 is 9.88 Å². The Morgan fingerprint density at radius 1 is 1.20 bits per heavy atom. The van der Waals surface area contributed by atoms with E-state index >= 15 is 0 Å². The van der Waals surface area contributed by atoms with Crippen LogP contribution in [0.25, 0.3) is 0 Å². The van der Waals surface area contributed by atoms with E-state index in [9.17, 15) is 4.57 Å². The largest absolute Gasteiger partial charge is 0.319 e. The third kappa shape index (κ3) is 4.19. The Labute approximate surface area is 92.5 Å². The molecule has 0 amide bonds. The summed E-state index contributed by atoms with van der Waals surface area (Å²) in [4.78, 5) is 0. The van der Waals surface area contributed by atoms with Gasteiger partial charge in [0.25, 0.3) is 0 Å². The Balaban J connectivity index is 2.69. The Hall–Kier alpha value is -0.590. The monoisotopic (exact) mass is 225 g/mol. The van der Waals surface area contributed by atoms with Crippen LogP contribution in [0.5, 0.6) is 0 Å². The summed E-state index contributed by atoms with van der Waals surface area (Å²) in [5.74, 6) is 0. The van der Waals surface area contributed by atoms with E-state index in [1.54, 1.807) is 13.3 Å². The smallest absolute Gasteiger partial charge is 0.109 e. The minimum Gasteiger partial charge on any atom is -0.319 e. The number of nitrogens with one attached hydrogen (secondary N) is 1. The van der Waals surface area contributed by atoms with Crippen LogP contribution in [-0.2, 0) is 11.1 Å². The number of hydrogen-bond donors (Lipinski definition) is 1. The van der Waals surface area contributed by atoms with E-state index in [1.807, 2.05) is 24.3 Å². The molecule has 1 rings (SSSR count). The van der Waals surface area contributed by atoms with Gasteiger partial charge in [0, 0.05) is 17.9 Å². The lowest BCUT2D eigenvalue weighted by atomic mass is 10.2. The van der Waals surface area contributed by atoms with E-state index in [0.717, 1.165) is 11.8 Å². The van der Waals surface area contributed by atoms with Crippen molar-refractivity contribution in [2.24, 2.45) is 0 Å². The van der Waals surface area contributed by atoms with E-state index in [0.29, 0.717) is 6.04 Å². The predicted octanol–water partition coefficient (Wildman–Crippen LogP) is 2.43. The van der Waals surface area contributed by atoms with Crippen molar-refractivity contribution >= 4 is 12.4 Å². The predicted molar refractivity (Wildman–Crippen MR) is 67.5 cm³/mol. The van der Waals surface area contributed by atoms with Gasteiger partial charge >= 0.3 is 0 Å². The lowest BCUT2D eigenvalue weighted by molar-refractivity contribution is 0.587. The van der Waals surface area contributed by atoms with Gasteiger partial charge in [-0.1, -0.05) is 38.1 Å². The molecule has 3 heteroatoms. The summed E-state index contributed by atoms with van der Waals surface area (Å²) in [5, 5.41) is 4.31. The zero-order valence-electron chi connectivity index (χ0n) is 9.95. The summed E-state index contributed by atoms with van der Waals surface area (Å²) in [6, 6.07) is 8.53. The maximum atomic E-state index is 11.8. The molecule has 0 aliphatic rings. The molecule has 0 radical (unpaired) electrons. The maximum Gasteiger partial charge on any atom is 0.109 e. The van der Waals surface area contributed by atoms with Crippen LogP contribution in [0.2, 0.25) is 0 Å². The summed E-state index contributed by atoms with van der Waals surface area (Å²) in [5.41, 5.74) is 1.24. The minimum absolute atomic E-state index is 0.494. The van der Waals surface area contributed by atoms with Crippen LogP contribution in [0.4, 0.5) is 0 Å². The fraction of sp³-hybridized carbons (Fsp3) is 0.500. The fourth-order valence-electron chi connectivity index (χ4n) is 1.29. The van der Waals surface area contributed by atoms with Crippen LogP contribution in [0.1, 0.15) is 19.4 Å². The van der Waals surface area contributed by atoms with E-state index in [-0.39, 0.29) is 0 Å². The van der Waals surface area contributed by atoms with Crippen molar-refractivity contribution in [1.29, 1.82) is 0 Å². The van der Waals surface area contributed by atoms with Crippen molar-refractivity contribution in [3.63, 3.8) is 0 Å². The first-order chi connectivity index (χ1) is 6.89. The molecule has 0 aliphatic carbocycles. The highest BCUT2D eigenvalue weighted by molar-refractivity contribution is 7.70. The number of hydrogen-bond acceptors (Lipinski definition) is 2. The normalized spacial score (nSPS) is 12.1. The zero-order valence-corrected chi connectivity index (χ0v) is 10.8. The van der Waals surface area contributed by atoms with E-state index in [4.69, 9.17) is 0 Å². The Bertz CT molecular complexity index is 350. The molecular weight excluding hydrogens is 205 g/mol. The third-order valence-electron chi connectivity index (χ3n) is 2.27. The molecule has 0 unspecified atom stereocenters. The lowest BCUT2D eigenvalue weighted by Crippen LogP contribution is -2.21. The molecule has 84 valence electrons. The average Bonchev–Trinajstić information content (AvgIpc) is 2.14. The summed E-state index contributed by atoms with van der Waals surface area (Å²) in [6.07, 6.45) is 0. The number of rotatable bonds is 4. The van der Waals surface area contributed by atoms with Crippen molar-refractivity contribution in [3.8, 4) is 0 Å². The van der Waals surface area contributed by atoms with Crippen molar-refractivity contribution in [1.82, 2.24) is 5.32 Å². The summed E-state index contributed by atoms with van der Waals surface area (Å²) in [6.45, 7) is 8.72. The van der Waals surface area contributed by atoms with Gasteiger partial charge in [-0.2, -0.15) is 0 Å². The van der Waals surface area contributed by atoms with Gasteiger partial charge in [0.1, 0.15) is 7.14 Å². The van der Waals surface area contributed by atoms with Gasteiger partial charge in [-0.15, -0.1) is 0 Å². The fourth-order valence-corrected chi connectivity index (χ4v) is 2.16. The summed E-state index contributed by atoms with van der Waals surface area (Å²) < 4.78 is 11.8. The minimum atomic E-state index is -2.10. The molecule has 1 aromatic carbocycles. The zero-order chi connectivity index (χ0) is 11.5. The highest BCUT2D eigenvalue weighted by Gasteiger charge is 2.09. The SMILES string of the molecule is CC(C)NCc1ccc(P(C)(C)=O)cc1. The molecule has 2 nitrogen and oxygen atoms in total. The molecule has 1 N–H and O–H groups in total. The van der Waals surface area contributed by atoms with Crippen molar-refractivity contribution in [3.05, 3.63) is 29.8 Å². The van der Waals surface area contributed by atoms with Crippen molar-refractivity contribution in [2.45, 2.75) is 26.4 Å². The standard InChI is InChI=1S/C12H20NOP/c1-10(2)13-9-11-5-7-12(8-6-11)15(3,4)14/h5-8,10,13H,9H2,1-4H3. The molecule has 0 bridgehead atoms. The van der Waals surface area contributed by atoms with Gasteiger partial charge in [0.05, 0.1) is 0 Å². The molecule has 0 saturated carbocycles. The summed E-state index contributed by atoms with van der Waals surface area (Å²) in [7, 11) is -2.10. The van der Waals surface area contributed by atoms with Gasteiger partial charge in [-0.25, -0.2) is 0 Å². The number of benzene rings is 1. The molecule has 1 aromatic rings. The molecule has 0 heterocycles. The van der Waals surface area contributed by atoms with Crippen LogP contribution >= 0.6 is 7.14 Å². The lowest BCUT2D eigenvalue weighted by Gasteiger charge is -2.10. The van der Waals surface area contributed by atoms with E-state index in [1.165, 1.54) is 5.56 Å². The Morgan fingerprint density at radius 2 is 1.73 bits per heavy atom. The Morgan fingerprint density at radius 3 is 2.13 bits per heavy atom. The highest BCUT2D eigenvalue weighted by atomic mass is 31.2. The van der Waals surface area contributed by atoms with Gasteiger partial charge in [0.15, 0.2) is 0 Å². The van der Waals surface area contributed by atoms with E-state index in [2.05, 4.69) is 19.2 Å². The second-order valence-electron chi connectivity index (χ2n) is 4.55. The average molecular weight is 225 g/mol. The second-order valence-corrected chi connectivity index (χ2v) is 7.77. The first-order valence-electron chi connectivity index (χ1n) is 5.27. The molecule has 0 fully saturated rings.